The number of carbonyl (C=O) groups excluding carboxylic acids is 1. The van der Waals surface area contributed by atoms with Crippen molar-refractivity contribution >= 4 is 35.8 Å². The zero-order chi connectivity index (χ0) is 22.1. The van der Waals surface area contributed by atoms with E-state index in [1.165, 1.54) is 12.1 Å². The first kappa shape index (κ1) is 25.8. The van der Waals surface area contributed by atoms with Crippen molar-refractivity contribution in [3.8, 4) is 11.6 Å². The minimum atomic E-state index is -0.308. The van der Waals surface area contributed by atoms with Crippen molar-refractivity contribution < 1.29 is 13.9 Å². The number of nitrogens with one attached hydrogen (secondary N) is 2. The first-order valence-corrected chi connectivity index (χ1v) is 10.7. The minimum Gasteiger partial charge on any atom is -0.439 e. The molecule has 2 heterocycles. The molecule has 32 heavy (non-hydrogen) atoms. The lowest BCUT2D eigenvalue weighted by Crippen LogP contribution is -2.46. The van der Waals surface area contributed by atoms with Crippen LogP contribution < -0.4 is 15.4 Å². The average molecular weight is 555 g/mol. The van der Waals surface area contributed by atoms with Crippen LogP contribution in [0.2, 0.25) is 0 Å². The van der Waals surface area contributed by atoms with Gasteiger partial charge in [0.25, 0.3) is 0 Å². The van der Waals surface area contributed by atoms with Crippen molar-refractivity contribution in [2.45, 2.75) is 32.7 Å². The summed E-state index contributed by atoms with van der Waals surface area (Å²) in [5.74, 6) is 2.07. The third-order valence-corrected chi connectivity index (χ3v) is 5.25. The predicted octanol–water partition coefficient (Wildman–Crippen LogP) is 3.94. The summed E-state index contributed by atoms with van der Waals surface area (Å²) in [4.78, 5) is 22.9. The zero-order valence-corrected chi connectivity index (χ0v) is 20.8. The van der Waals surface area contributed by atoms with Crippen LogP contribution in [-0.2, 0) is 11.3 Å². The molecule has 1 saturated heterocycles. The molecule has 3 rings (SSSR count). The Labute approximate surface area is 205 Å². The maximum absolute atomic E-state index is 13.1. The topological polar surface area (TPSA) is 78.9 Å². The van der Waals surface area contributed by atoms with E-state index >= 15 is 0 Å². The van der Waals surface area contributed by atoms with Crippen molar-refractivity contribution in [3.05, 3.63) is 54.0 Å². The quantitative estimate of drug-likeness (QED) is 0.308. The van der Waals surface area contributed by atoms with E-state index in [1.807, 2.05) is 12.1 Å². The van der Waals surface area contributed by atoms with Crippen molar-refractivity contribution in [3.63, 3.8) is 0 Å². The van der Waals surface area contributed by atoms with Gasteiger partial charge in [0, 0.05) is 45.4 Å². The molecule has 0 spiro atoms. The van der Waals surface area contributed by atoms with Gasteiger partial charge in [0.2, 0.25) is 11.8 Å². The number of pyridine rings is 1. The van der Waals surface area contributed by atoms with Gasteiger partial charge in [0.1, 0.15) is 11.6 Å². The number of aromatic nitrogens is 1. The van der Waals surface area contributed by atoms with Gasteiger partial charge in [-0.1, -0.05) is 0 Å². The zero-order valence-electron chi connectivity index (χ0n) is 18.5. The van der Waals surface area contributed by atoms with Crippen LogP contribution in [0.4, 0.5) is 4.39 Å². The Morgan fingerprint density at radius 3 is 2.62 bits per heavy atom. The molecule has 0 radical (unpaired) electrons. The van der Waals surface area contributed by atoms with Gasteiger partial charge in [-0.2, -0.15) is 0 Å². The molecule has 1 aliphatic rings. The van der Waals surface area contributed by atoms with E-state index in [-0.39, 0.29) is 35.7 Å². The molecule has 9 heteroatoms. The van der Waals surface area contributed by atoms with Crippen LogP contribution >= 0.6 is 24.0 Å². The molecule has 2 N–H and O–H groups in total. The maximum Gasteiger partial charge on any atom is 0.220 e. The molecule has 1 fully saturated rings. The number of amides is 1. The number of piperidine rings is 1. The molecule has 174 valence electrons. The van der Waals surface area contributed by atoms with E-state index in [0.29, 0.717) is 30.5 Å². The highest BCUT2D eigenvalue weighted by Crippen LogP contribution is 2.22. The first-order chi connectivity index (χ1) is 15.1. The number of guanidine groups is 1. The van der Waals surface area contributed by atoms with Crippen LogP contribution in [0, 0.1) is 11.7 Å². The molecule has 0 atom stereocenters. The fraction of sp³-hybridized carbons (Fsp3) is 0.435. The molecule has 2 aromatic rings. The van der Waals surface area contributed by atoms with E-state index in [9.17, 15) is 9.18 Å². The molecule has 7 nitrogen and oxygen atoms in total. The van der Waals surface area contributed by atoms with Gasteiger partial charge < -0.3 is 20.3 Å². The SMILES string of the molecule is CCNC(=NCc1ccnc(Oc2ccc(F)cc2)c1)N1CCC(CC(=O)NC)CC1.I. The average Bonchev–Trinajstić information content (AvgIpc) is 2.79. The summed E-state index contributed by atoms with van der Waals surface area (Å²) < 4.78 is 18.8. The lowest BCUT2D eigenvalue weighted by atomic mass is 9.93. The Bertz CT molecular complexity index is 886. The second-order valence-corrected chi connectivity index (χ2v) is 7.54. The maximum atomic E-state index is 13.1. The fourth-order valence-electron chi connectivity index (χ4n) is 3.53. The molecule has 1 aromatic carbocycles. The Morgan fingerprint density at radius 2 is 1.97 bits per heavy atom. The van der Waals surface area contributed by atoms with Gasteiger partial charge >= 0.3 is 0 Å². The number of carbonyl (C=O) groups is 1. The fourth-order valence-corrected chi connectivity index (χ4v) is 3.53. The number of aliphatic imine (C=N–C) groups is 1. The van der Waals surface area contributed by atoms with Gasteiger partial charge in [-0.3, -0.25) is 4.79 Å². The van der Waals surface area contributed by atoms with E-state index in [1.54, 1.807) is 25.4 Å². The van der Waals surface area contributed by atoms with E-state index in [4.69, 9.17) is 9.73 Å². The standard InChI is InChI=1S/C23H30FN5O2.HI/c1-3-26-23(29-12-9-17(10-13-29)14-21(30)25-2)28-16-18-8-11-27-22(15-18)31-20-6-4-19(24)5-7-20;/h4-8,11,15,17H,3,9-10,12-14,16H2,1-2H3,(H,25,30)(H,26,28);1H. The molecule has 1 aliphatic heterocycles. The van der Waals surface area contributed by atoms with E-state index in [0.717, 1.165) is 44.0 Å². The summed E-state index contributed by atoms with van der Waals surface area (Å²) >= 11 is 0. The number of rotatable bonds is 7. The van der Waals surface area contributed by atoms with Gasteiger partial charge in [0.15, 0.2) is 5.96 Å². The van der Waals surface area contributed by atoms with Gasteiger partial charge in [-0.25, -0.2) is 14.4 Å². The van der Waals surface area contributed by atoms with Gasteiger partial charge in [-0.05, 0) is 61.6 Å². The molecular formula is C23H31FIN5O2. The second-order valence-electron chi connectivity index (χ2n) is 7.54. The lowest BCUT2D eigenvalue weighted by molar-refractivity contribution is -0.121. The number of ether oxygens (including phenoxy) is 1. The number of hydrogen-bond acceptors (Lipinski definition) is 4. The highest BCUT2D eigenvalue weighted by Gasteiger charge is 2.23. The monoisotopic (exact) mass is 555 g/mol. The molecule has 0 unspecified atom stereocenters. The van der Waals surface area contributed by atoms with Crippen LogP contribution in [0.15, 0.2) is 47.6 Å². The van der Waals surface area contributed by atoms with Gasteiger partial charge in [-0.15, -0.1) is 24.0 Å². The molecule has 1 amide bonds. The Kier molecular flexibility index (Phi) is 10.6. The highest BCUT2D eigenvalue weighted by atomic mass is 127. The van der Waals surface area contributed by atoms with Crippen molar-refractivity contribution in [2.75, 3.05) is 26.7 Å². The second kappa shape index (κ2) is 13.2. The number of nitrogens with zero attached hydrogens (tertiary/aromatic N) is 3. The summed E-state index contributed by atoms with van der Waals surface area (Å²) in [6, 6.07) is 9.58. The van der Waals surface area contributed by atoms with E-state index < -0.39 is 0 Å². The minimum absolute atomic E-state index is 0. The van der Waals surface area contributed by atoms with Crippen LogP contribution in [0.5, 0.6) is 11.6 Å². The number of hydrogen-bond donors (Lipinski definition) is 2. The first-order valence-electron chi connectivity index (χ1n) is 10.7. The summed E-state index contributed by atoms with van der Waals surface area (Å²) in [7, 11) is 1.68. The summed E-state index contributed by atoms with van der Waals surface area (Å²) in [6.45, 7) is 5.08. The molecule has 0 aliphatic carbocycles. The Balaban J connectivity index is 0.00000363. The summed E-state index contributed by atoms with van der Waals surface area (Å²) in [5.41, 5.74) is 0.969. The predicted molar refractivity (Wildman–Crippen MR) is 134 cm³/mol. The van der Waals surface area contributed by atoms with Crippen LogP contribution in [0.25, 0.3) is 0 Å². The third-order valence-electron chi connectivity index (χ3n) is 5.25. The van der Waals surface area contributed by atoms with Crippen LogP contribution in [0.3, 0.4) is 0 Å². The number of halogens is 2. The molecule has 0 saturated carbocycles. The highest BCUT2D eigenvalue weighted by molar-refractivity contribution is 14.0. The van der Waals surface area contributed by atoms with Crippen molar-refractivity contribution in [1.29, 1.82) is 0 Å². The number of benzene rings is 1. The number of likely N-dealkylation sites (tertiary alicyclic amines) is 1. The smallest absolute Gasteiger partial charge is 0.220 e. The molecule has 0 bridgehead atoms. The van der Waals surface area contributed by atoms with Gasteiger partial charge in [0.05, 0.1) is 6.54 Å². The largest absolute Gasteiger partial charge is 0.439 e. The van der Waals surface area contributed by atoms with Crippen LogP contribution in [0.1, 0.15) is 31.7 Å². The normalized spacial score (nSPS) is 14.5. The lowest BCUT2D eigenvalue weighted by Gasteiger charge is -2.34. The van der Waals surface area contributed by atoms with Crippen LogP contribution in [-0.4, -0.2) is 48.4 Å². The third kappa shape index (κ3) is 7.92. The summed E-state index contributed by atoms with van der Waals surface area (Å²) in [5, 5.41) is 6.07. The van der Waals surface area contributed by atoms with E-state index in [2.05, 4.69) is 27.4 Å². The van der Waals surface area contributed by atoms with Crippen molar-refractivity contribution in [2.24, 2.45) is 10.9 Å². The Morgan fingerprint density at radius 1 is 1.25 bits per heavy atom. The summed E-state index contributed by atoms with van der Waals surface area (Å²) in [6.07, 6.45) is 4.22. The molecule has 1 aromatic heterocycles. The molecular weight excluding hydrogens is 524 g/mol. The van der Waals surface area contributed by atoms with Crippen molar-refractivity contribution in [1.82, 2.24) is 20.5 Å². The Hall–Kier alpha value is -2.43.